The molecular weight excluding hydrogens is 356 g/mol. The minimum Gasteiger partial charge on any atom is -0.336 e. The van der Waals surface area contributed by atoms with Crippen LogP contribution in [-0.4, -0.2) is 30.1 Å². The van der Waals surface area contributed by atoms with Crippen LogP contribution in [-0.2, 0) is 20.1 Å². The molecule has 0 saturated carbocycles. The van der Waals surface area contributed by atoms with Crippen molar-refractivity contribution < 1.29 is 24.0 Å². The molecule has 1 saturated heterocycles. The van der Waals surface area contributed by atoms with Crippen LogP contribution in [0.15, 0.2) is 42.5 Å². The number of carbonyl (C=O) groups excluding carboxylic acids is 2. The van der Waals surface area contributed by atoms with E-state index in [4.69, 9.17) is 9.47 Å². The van der Waals surface area contributed by atoms with Crippen LogP contribution in [0.5, 0.6) is 0 Å². The summed E-state index contributed by atoms with van der Waals surface area (Å²) in [5.41, 5.74) is 0.667. The van der Waals surface area contributed by atoms with Crippen molar-refractivity contribution >= 4 is 34.7 Å². The van der Waals surface area contributed by atoms with E-state index >= 15 is 0 Å². The van der Waals surface area contributed by atoms with Gasteiger partial charge in [0, 0.05) is 17.8 Å². The Labute approximate surface area is 152 Å². The molecule has 0 unspecified atom stereocenters. The summed E-state index contributed by atoms with van der Waals surface area (Å²) in [6.07, 6.45) is 0. The number of nitro groups is 1. The first-order valence-electron chi connectivity index (χ1n) is 8.05. The SMILES string of the molecule is O=C(Nc1ccccc1)Nc1cc([N+](=O)[O-])cc2c1NC(=O)C21OCCO1. The lowest BCUT2D eigenvalue weighted by Crippen LogP contribution is -2.35. The largest absolute Gasteiger partial charge is 0.336 e. The average Bonchev–Trinajstić information content (AvgIpc) is 3.23. The summed E-state index contributed by atoms with van der Waals surface area (Å²) in [4.78, 5) is 35.4. The van der Waals surface area contributed by atoms with E-state index in [1.54, 1.807) is 30.3 Å². The molecule has 2 aliphatic rings. The van der Waals surface area contributed by atoms with Crippen LogP contribution in [0.4, 0.5) is 27.5 Å². The summed E-state index contributed by atoms with van der Waals surface area (Å²) in [6.45, 7) is 0.347. The fourth-order valence-corrected chi connectivity index (χ4v) is 3.05. The summed E-state index contributed by atoms with van der Waals surface area (Å²) < 4.78 is 10.9. The number of benzene rings is 2. The minimum absolute atomic E-state index is 0.0666. The van der Waals surface area contributed by atoms with Crippen molar-refractivity contribution in [3.05, 3.63) is 58.1 Å². The maximum absolute atomic E-state index is 12.4. The highest BCUT2D eigenvalue weighted by Crippen LogP contribution is 2.47. The molecule has 138 valence electrons. The number of urea groups is 1. The fourth-order valence-electron chi connectivity index (χ4n) is 3.05. The molecule has 0 atom stereocenters. The van der Waals surface area contributed by atoms with Crippen LogP contribution in [0.3, 0.4) is 0 Å². The average molecular weight is 370 g/mol. The van der Waals surface area contributed by atoms with Crippen molar-refractivity contribution in [2.75, 3.05) is 29.2 Å². The zero-order valence-electron chi connectivity index (χ0n) is 13.9. The van der Waals surface area contributed by atoms with Gasteiger partial charge in [-0.15, -0.1) is 0 Å². The number of nitrogens with zero attached hydrogens (tertiary/aromatic N) is 1. The number of ether oxygens (including phenoxy) is 2. The predicted molar refractivity (Wildman–Crippen MR) is 94.4 cm³/mol. The summed E-state index contributed by atoms with van der Waals surface area (Å²) >= 11 is 0. The molecule has 3 N–H and O–H groups in total. The molecule has 2 aromatic carbocycles. The second-order valence-corrected chi connectivity index (χ2v) is 5.89. The Kier molecular flexibility index (Phi) is 3.98. The molecule has 1 spiro atoms. The molecule has 0 bridgehead atoms. The highest BCUT2D eigenvalue weighted by molar-refractivity contribution is 6.11. The van der Waals surface area contributed by atoms with Crippen LogP contribution in [0.2, 0.25) is 0 Å². The smallest absolute Gasteiger partial charge is 0.323 e. The molecule has 0 aromatic heterocycles. The molecule has 1 fully saturated rings. The Balaban J connectivity index is 1.70. The first-order valence-corrected chi connectivity index (χ1v) is 8.05. The maximum Gasteiger partial charge on any atom is 0.323 e. The van der Waals surface area contributed by atoms with Crippen molar-refractivity contribution in [1.82, 2.24) is 0 Å². The highest BCUT2D eigenvalue weighted by atomic mass is 16.7. The van der Waals surface area contributed by atoms with Gasteiger partial charge in [-0.1, -0.05) is 18.2 Å². The van der Waals surface area contributed by atoms with Crippen molar-refractivity contribution in [2.24, 2.45) is 0 Å². The quantitative estimate of drug-likeness (QED) is 0.561. The van der Waals surface area contributed by atoms with E-state index in [0.717, 1.165) is 6.07 Å². The first kappa shape index (κ1) is 16.9. The number of nitrogens with one attached hydrogen (secondary N) is 3. The number of amides is 3. The Morgan fingerprint density at radius 3 is 2.52 bits per heavy atom. The number of hydrogen-bond acceptors (Lipinski definition) is 6. The van der Waals surface area contributed by atoms with Gasteiger partial charge in [-0.3, -0.25) is 14.9 Å². The molecule has 27 heavy (non-hydrogen) atoms. The van der Waals surface area contributed by atoms with Gasteiger partial charge in [-0.25, -0.2) is 4.79 Å². The van der Waals surface area contributed by atoms with Gasteiger partial charge in [0.1, 0.15) is 0 Å². The summed E-state index contributed by atoms with van der Waals surface area (Å²) in [7, 11) is 0. The number of anilines is 3. The highest BCUT2D eigenvalue weighted by Gasteiger charge is 2.54. The predicted octanol–water partition coefficient (Wildman–Crippen LogP) is 2.39. The van der Waals surface area contributed by atoms with E-state index in [-0.39, 0.29) is 35.8 Å². The van der Waals surface area contributed by atoms with Gasteiger partial charge in [0.2, 0.25) is 0 Å². The van der Waals surface area contributed by atoms with Gasteiger partial charge in [0.15, 0.2) is 0 Å². The molecule has 10 nitrogen and oxygen atoms in total. The van der Waals surface area contributed by atoms with E-state index in [1.165, 1.54) is 6.07 Å². The third-order valence-corrected chi connectivity index (χ3v) is 4.20. The molecule has 4 rings (SSSR count). The third-order valence-electron chi connectivity index (χ3n) is 4.20. The van der Waals surface area contributed by atoms with Gasteiger partial charge in [0.25, 0.3) is 17.4 Å². The molecule has 2 aromatic rings. The van der Waals surface area contributed by atoms with Crippen molar-refractivity contribution in [3.63, 3.8) is 0 Å². The number of nitro benzene ring substituents is 1. The number of hydrogen-bond donors (Lipinski definition) is 3. The van der Waals surface area contributed by atoms with Gasteiger partial charge in [-0.05, 0) is 12.1 Å². The van der Waals surface area contributed by atoms with Gasteiger partial charge < -0.3 is 25.4 Å². The monoisotopic (exact) mass is 370 g/mol. The zero-order chi connectivity index (χ0) is 19.0. The topological polar surface area (TPSA) is 132 Å². The Bertz CT molecular complexity index is 940. The third kappa shape index (κ3) is 2.86. The van der Waals surface area contributed by atoms with E-state index in [9.17, 15) is 19.7 Å². The molecule has 0 aliphatic carbocycles. The van der Waals surface area contributed by atoms with Crippen LogP contribution in [0, 0.1) is 10.1 Å². The lowest BCUT2D eigenvalue weighted by atomic mass is 10.0. The molecule has 2 aliphatic heterocycles. The Morgan fingerprint density at radius 2 is 1.85 bits per heavy atom. The lowest BCUT2D eigenvalue weighted by Gasteiger charge is -2.19. The Morgan fingerprint density at radius 1 is 1.15 bits per heavy atom. The minimum atomic E-state index is -1.73. The lowest BCUT2D eigenvalue weighted by molar-refractivity contribution is -0.385. The zero-order valence-corrected chi connectivity index (χ0v) is 13.9. The standard InChI is InChI=1S/C17H14N4O6/c22-15-17(26-6-7-27-17)12-8-11(21(24)25)9-13(14(12)20-15)19-16(23)18-10-4-2-1-3-5-10/h1-5,8-9H,6-7H2,(H,20,22)(H2,18,19,23). The van der Waals surface area contributed by atoms with E-state index in [0.29, 0.717) is 5.69 Å². The van der Waals surface area contributed by atoms with E-state index < -0.39 is 22.6 Å². The van der Waals surface area contributed by atoms with Crippen molar-refractivity contribution in [3.8, 4) is 0 Å². The van der Waals surface area contributed by atoms with E-state index in [2.05, 4.69) is 16.0 Å². The summed E-state index contributed by atoms with van der Waals surface area (Å²) in [6, 6.07) is 10.4. The number of non-ortho nitro benzene ring substituents is 1. The maximum atomic E-state index is 12.4. The van der Waals surface area contributed by atoms with Crippen LogP contribution < -0.4 is 16.0 Å². The number of carbonyl (C=O) groups is 2. The summed E-state index contributed by atoms with van der Waals surface area (Å²) in [5, 5.41) is 19.0. The van der Waals surface area contributed by atoms with Gasteiger partial charge in [0.05, 0.1) is 35.1 Å². The first-order chi connectivity index (χ1) is 13.0. The fraction of sp³-hybridized carbons (Fsp3) is 0.176. The van der Waals surface area contributed by atoms with Crippen molar-refractivity contribution in [1.29, 1.82) is 0 Å². The number of para-hydroxylation sites is 1. The van der Waals surface area contributed by atoms with Crippen LogP contribution >= 0.6 is 0 Å². The van der Waals surface area contributed by atoms with Crippen LogP contribution in [0.25, 0.3) is 0 Å². The second kappa shape index (κ2) is 6.34. The van der Waals surface area contributed by atoms with Gasteiger partial charge in [-0.2, -0.15) is 0 Å². The molecular formula is C17H14N4O6. The van der Waals surface area contributed by atoms with Crippen molar-refractivity contribution in [2.45, 2.75) is 5.79 Å². The molecule has 2 heterocycles. The van der Waals surface area contributed by atoms with Gasteiger partial charge >= 0.3 is 6.03 Å². The normalized spacial score (nSPS) is 16.7. The molecule has 0 radical (unpaired) electrons. The number of rotatable bonds is 3. The van der Waals surface area contributed by atoms with E-state index in [1.807, 2.05) is 0 Å². The summed E-state index contributed by atoms with van der Waals surface area (Å²) in [5.74, 6) is -2.32. The van der Waals surface area contributed by atoms with Crippen LogP contribution in [0.1, 0.15) is 5.56 Å². The molecule has 3 amide bonds. The second-order valence-electron chi connectivity index (χ2n) is 5.89. The molecule has 10 heteroatoms. The Hall–Kier alpha value is -3.50. The number of fused-ring (bicyclic) bond motifs is 2.